The van der Waals surface area contributed by atoms with E-state index in [0.29, 0.717) is 60.2 Å². The Balaban J connectivity index is 1.12. The number of rotatable bonds is 9. The number of nitrogens with zero attached hydrogens (tertiary/aromatic N) is 5. The van der Waals surface area contributed by atoms with Gasteiger partial charge in [-0.3, -0.25) is 9.69 Å². The number of nitrogens with two attached hydrogens (primary N) is 1. The van der Waals surface area contributed by atoms with Crippen LogP contribution in [0.1, 0.15) is 34.5 Å². The normalized spacial score (nSPS) is 16.1. The van der Waals surface area contributed by atoms with E-state index in [1.807, 2.05) is 4.90 Å². The number of ketones is 1. The number of alkyl halides is 2. The van der Waals surface area contributed by atoms with Crippen molar-refractivity contribution in [2.75, 3.05) is 50.0 Å². The second-order valence-electron chi connectivity index (χ2n) is 12.0. The number of hydrogen-bond donors (Lipinski definition) is 2. The van der Waals surface area contributed by atoms with Gasteiger partial charge in [-0.05, 0) is 55.7 Å². The fourth-order valence-electron chi connectivity index (χ4n) is 6.48. The van der Waals surface area contributed by atoms with Gasteiger partial charge in [0, 0.05) is 49.2 Å². The first-order valence-electron chi connectivity index (χ1n) is 15.8. The number of hydrogen-bond acceptors (Lipinski definition) is 9. The number of ether oxygens (including phenoxy) is 3. The van der Waals surface area contributed by atoms with E-state index >= 15 is 0 Å². The largest absolute Gasteiger partial charge is 0.433 e. The standard InChI is InChI=1S/C34H33F4N7O4/c1-19-13-30(49-32-23(35)3-2-4-24(32)36)40-18-28(19)45-33(39)22(17-41-45)31(46)26-14-20-15-29(48-34(37)38)27(16-25(20)42-26)44-7-5-21(6-8-44)43-9-11-47-12-10-43/h2-4,13-18,21,34,42H,5-12,39H2,1H3. The van der Waals surface area contributed by atoms with E-state index in [4.69, 9.17) is 19.9 Å². The third-order valence-electron chi connectivity index (χ3n) is 8.99. The number of morpholine rings is 1. The Hall–Kier alpha value is -5.15. The molecule has 7 rings (SSSR count). The van der Waals surface area contributed by atoms with Crippen LogP contribution in [0.4, 0.5) is 29.1 Å². The maximum Gasteiger partial charge on any atom is 0.387 e. The van der Waals surface area contributed by atoms with E-state index in [9.17, 15) is 22.4 Å². The molecule has 2 aliphatic heterocycles. The molecule has 0 bridgehead atoms. The minimum absolute atomic E-state index is 0.0212. The second kappa shape index (κ2) is 13.4. The minimum atomic E-state index is -3.02. The van der Waals surface area contributed by atoms with Crippen molar-refractivity contribution in [3.63, 3.8) is 0 Å². The molecule has 5 heterocycles. The quantitative estimate of drug-likeness (QED) is 0.146. The summed E-state index contributed by atoms with van der Waals surface area (Å²) < 4.78 is 72.2. The molecule has 2 aliphatic rings. The van der Waals surface area contributed by atoms with E-state index in [-0.39, 0.29) is 28.7 Å². The molecule has 0 spiro atoms. The van der Waals surface area contributed by atoms with Gasteiger partial charge in [0.15, 0.2) is 11.6 Å². The maximum atomic E-state index is 14.1. The van der Waals surface area contributed by atoms with Crippen LogP contribution in [0.3, 0.4) is 0 Å². The van der Waals surface area contributed by atoms with Crippen molar-refractivity contribution in [2.24, 2.45) is 0 Å². The summed E-state index contributed by atoms with van der Waals surface area (Å²) in [6.45, 7) is 3.20. The molecule has 5 aromatic rings. The van der Waals surface area contributed by atoms with Crippen molar-refractivity contribution in [3.8, 4) is 23.1 Å². The SMILES string of the molecule is Cc1cc(Oc2c(F)cccc2F)ncc1-n1ncc(C(=O)c2cc3cc(OC(F)F)c(N4CCC(N5CCOCC5)CC4)cc3[nH]2)c1N. The first-order valence-corrected chi connectivity index (χ1v) is 15.8. The van der Waals surface area contributed by atoms with Gasteiger partial charge in [0.05, 0.1) is 48.2 Å². The third kappa shape index (κ3) is 6.50. The molecule has 11 nitrogen and oxygen atoms in total. The molecule has 256 valence electrons. The van der Waals surface area contributed by atoms with Crippen molar-refractivity contribution in [1.29, 1.82) is 0 Å². The van der Waals surface area contributed by atoms with Crippen LogP contribution in [-0.2, 0) is 4.74 Å². The van der Waals surface area contributed by atoms with E-state index in [0.717, 1.165) is 38.1 Å². The molecule has 49 heavy (non-hydrogen) atoms. The van der Waals surface area contributed by atoms with Crippen LogP contribution in [0, 0.1) is 18.6 Å². The van der Waals surface area contributed by atoms with Crippen LogP contribution < -0.4 is 20.1 Å². The smallest absolute Gasteiger partial charge is 0.387 e. The topological polar surface area (TPSA) is 124 Å². The second-order valence-corrected chi connectivity index (χ2v) is 12.0. The Morgan fingerprint density at radius 2 is 1.76 bits per heavy atom. The van der Waals surface area contributed by atoms with Gasteiger partial charge in [-0.2, -0.15) is 13.9 Å². The summed E-state index contributed by atoms with van der Waals surface area (Å²) in [6, 6.07) is 10.0. The van der Waals surface area contributed by atoms with Gasteiger partial charge in [0.1, 0.15) is 11.6 Å². The molecule has 15 heteroatoms. The third-order valence-corrected chi connectivity index (χ3v) is 8.99. The van der Waals surface area contributed by atoms with Crippen molar-refractivity contribution in [3.05, 3.63) is 83.3 Å². The Labute approximate surface area is 278 Å². The van der Waals surface area contributed by atoms with Crippen LogP contribution in [0.5, 0.6) is 17.4 Å². The molecule has 0 amide bonds. The first-order chi connectivity index (χ1) is 23.7. The van der Waals surface area contributed by atoms with Crippen molar-refractivity contribution >= 4 is 28.2 Å². The lowest BCUT2D eigenvalue weighted by molar-refractivity contribution is -0.0494. The number of H-pyrrole nitrogens is 1. The highest BCUT2D eigenvalue weighted by molar-refractivity contribution is 6.12. The van der Waals surface area contributed by atoms with Gasteiger partial charge in [-0.25, -0.2) is 18.4 Å². The van der Waals surface area contributed by atoms with Crippen LogP contribution in [0.25, 0.3) is 16.6 Å². The average molecular weight is 680 g/mol. The van der Waals surface area contributed by atoms with E-state index in [2.05, 4.69) is 20.0 Å². The van der Waals surface area contributed by atoms with Gasteiger partial charge in [-0.1, -0.05) is 6.07 Å². The highest BCUT2D eigenvalue weighted by atomic mass is 19.3. The zero-order chi connectivity index (χ0) is 34.2. The molecular weight excluding hydrogens is 646 g/mol. The van der Waals surface area contributed by atoms with Crippen LogP contribution >= 0.6 is 0 Å². The molecule has 2 saturated heterocycles. The van der Waals surface area contributed by atoms with Crippen LogP contribution in [-0.4, -0.2) is 82.5 Å². The fourth-order valence-corrected chi connectivity index (χ4v) is 6.48. The number of carbonyl (C=O) groups is 1. The van der Waals surface area contributed by atoms with Crippen molar-refractivity contribution in [2.45, 2.75) is 32.4 Å². The fraction of sp³-hybridized carbons (Fsp3) is 0.324. The molecular formula is C34H33F4N7O4. The Morgan fingerprint density at radius 3 is 2.45 bits per heavy atom. The van der Waals surface area contributed by atoms with E-state index < -0.39 is 29.8 Å². The lowest BCUT2D eigenvalue weighted by atomic mass is 10.0. The molecule has 3 N–H and O–H groups in total. The summed E-state index contributed by atoms with van der Waals surface area (Å²) >= 11 is 0. The Kier molecular flexibility index (Phi) is 8.86. The summed E-state index contributed by atoms with van der Waals surface area (Å²) in [7, 11) is 0. The van der Waals surface area contributed by atoms with Gasteiger partial charge in [0.2, 0.25) is 17.4 Å². The van der Waals surface area contributed by atoms with Crippen LogP contribution in [0.2, 0.25) is 0 Å². The monoisotopic (exact) mass is 679 g/mol. The van der Waals surface area contributed by atoms with Gasteiger partial charge in [0.25, 0.3) is 0 Å². The van der Waals surface area contributed by atoms with Gasteiger partial charge < -0.3 is 29.8 Å². The number of carbonyl (C=O) groups excluding carboxylic acids is 1. The molecule has 2 fully saturated rings. The summed E-state index contributed by atoms with van der Waals surface area (Å²) in [5.74, 6) is -2.80. The maximum absolute atomic E-state index is 14.1. The average Bonchev–Trinajstić information content (AvgIpc) is 3.69. The van der Waals surface area contributed by atoms with Gasteiger partial charge in [-0.15, -0.1) is 0 Å². The lowest BCUT2D eigenvalue weighted by Gasteiger charge is -2.41. The summed E-state index contributed by atoms with van der Waals surface area (Å²) in [5.41, 5.74) is 8.71. The van der Waals surface area contributed by atoms with Crippen LogP contribution in [0.15, 0.2) is 54.9 Å². The number of anilines is 2. The predicted octanol–water partition coefficient (Wildman–Crippen LogP) is 5.84. The number of aromatic amines is 1. The number of aromatic nitrogens is 4. The zero-order valence-electron chi connectivity index (χ0n) is 26.5. The number of piperidine rings is 1. The number of pyridine rings is 1. The number of aryl methyl sites for hydroxylation is 1. The number of benzene rings is 2. The molecule has 0 saturated carbocycles. The highest BCUT2D eigenvalue weighted by Gasteiger charge is 2.29. The zero-order valence-corrected chi connectivity index (χ0v) is 26.5. The molecule has 2 aromatic carbocycles. The molecule has 0 atom stereocenters. The lowest BCUT2D eigenvalue weighted by Crippen LogP contribution is -2.49. The highest BCUT2D eigenvalue weighted by Crippen LogP contribution is 2.37. The summed E-state index contributed by atoms with van der Waals surface area (Å²) in [5, 5.41) is 4.80. The molecule has 0 unspecified atom stereocenters. The van der Waals surface area contributed by atoms with Crippen molar-refractivity contribution < 1.29 is 36.6 Å². The number of para-hydroxylation sites is 1. The van der Waals surface area contributed by atoms with E-state index in [1.54, 1.807) is 19.1 Å². The van der Waals surface area contributed by atoms with E-state index in [1.165, 1.54) is 35.3 Å². The van der Waals surface area contributed by atoms with Gasteiger partial charge >= 0.3 is 6.61 Å². The molecule has 3 aromatic heterocycles. The number of nitrogens with one attached hydrogen (secondary N) is 1. The van der Waals surface area contributed by atoms with Crippen molar-refractivity contribution in [1.82, 2.24) is 24.6 Å². The minimum Gasteiger partial charge on any atom is -0.433 e. The predicted molar refractivity (Wildman–Crippen MR) is 173 cm³/mol. The summed E-state index contributed by atoms with van der Waals surface area (Å²) in [4.78, 5) is 25.4. The first kappa shape index (κ1) is 32.4. The Morgan fingerprint density at radius 1 is 1.02 bits per heavy atom. The number of halogens is 4. The Bertz CT molecular complexity index is 1980. The molecule has 0 radical (unpaired) electrons. The summed E-state index contributed by atoms with van der Waals surface area (Å²) in [6.07, 6.45) is 4.43. The number of fused-ring (bicyclic) bond motifs is 1. The molecule has 0 aliphatic carbocycles. The number of nitrogen functional groups attached to an aromatic ring is 1.